The molecular formula is C15H23N3O. The molecule has 0 spiro atoms. The molecule has 0 fully saturated rings. The first-order valence-corrected chi connectivity index (χ1v) is 6.47. The van der Waals surface area contributed by atoms with Crippen LogP contribution >= 0.6 is 0 Å². The Bertz CT molecular complexity index is 441. The molecule has 0 bridgehead atoms. The van der Waals surface area contributed by atoms with Crippen LogP contribution in [0.15, 0.2) is 35.8 Å². The summed E-state index contributed by atoms with van der Waals surface area (Å²) in [6.07, 6.45) is 1.81. The van der Waals surface area contributed by atoms with E-state index in [9.17, 15) is 0 Å². The summed E-state index contributed by atoms with van der Waals surface area (Å²) >= 11 is 0. The average molecular weight is 261 g/mol. The zero-order valence-electron chi connectivity index (χ0n) is 12.0. The van der Waals surface area contributed by atoms with Crippen molar-refractivity contribution in [3.05, 3.63) is 42.0 Å². The molecule has 0 aliphatic rings. The fraction of sp³-hybridized carbons (Fsp3) is 0.400. The molecule has 1 rings (SSSR count). The molecular weight excluding hydrogens is 238 g/mol. The summed E-state index contributed by atoms with van der Waals surface area (Å²) in [6.45, 7) is 9.94. The number of hydrogen-bond donors (Lipinski definition) is 2. The fourth-order valence-electron chi connectivity index (χ4n) is 1.72. The van der Waals surface area contributed by atoms with Crippen molar-refractivity contribution in [1.29, 1.82) is 0 Å². The van der Waals surface area contributed by atoms with Gasteiger partial charge in [0.2, 0.25) is 0 Å². The third-order valence-corrected chi connectivity index (χ3v) is 2.64. The van der Waals surface area contributed by atoms with Gasteiger partial charge in [0.25, 0.3) is 0 Å². The highest BCUT2D eigenvalue weighted by atomic mass is 16.5. The van der Waals surface area contributed by atoms with Gasteiger partial charge in [-0.1, -0.05) is 18.2 Å². The SMILES string of the molecule is C=CCNC(=NCc1ccc(OC)c(C)c1)NCC. The molecule has 2 N–H and O–H groups in total. The van der Waals surface area contributed by atoms with E-state index in [1.165, 1.54) is 0 Å². The minimum Gasteiger partial charge on any atom is -0.496 e. The number of benzene rings is 1. The van der Waals surface area contributed by atoms with Gasteiger partial charge in [-0.25, -0.2) is 4.99 Å². The Morgan fingerprint density at radius 2 is 2.21 bits per heavy atom. The molecule has 0 heterocycles. The summed E-state index contributed by atoms with van der Waals surface area (Å²) in [5.74, 6) is 1.71. The van der Waals surface area contributed by atoms with Crippen molar-refractivity contribution in [3.8, 4) is 5.75 Å². The molecule has 0 aliphatic heterocycles. The third-order valence-electron chi connectivity index (χ3n) is 2.64. The standard InChI is InChI=1S/C15H23N3O/c1-5-9-17-15(16-6-2)18-11-13-7-8-14(19-4)12(3)10-13/h5,7-8,10H,1,6,9,11H2,2-4H3,(H2,16,17,18). The number of hydrogen-bond acceptors (Lipinski definition) is 2. The van der Waals surface area contributed by atoms with Crippen LogP contribution in [-0.2, 0) is 6.54 Å². The van der Waals surface area contributed by atoms with Crippen LogP contribution in [0.25, 0.3) is 0 Å². The number of guanidine groups is 1. The number of ether oxygens (including phenoxy) is 1. The first kappa shape index (κ1) is 15.1. The largest absolute Gasteiger partial charge is 0.496 e. The number of nitrogens with one attached hydrogen (secondary N) is 2. The van der Waals surface area contributed by atoms with Crippen LogP contribution in [0, 0.1) is 6.92 Å². The molecule has 1 aromatic rings. The van der Waals surface area contributed by atoms with E-state index in [0.717, 1.165) is 29.4 Å². The van der Waals surface area contributed by atoms with Gasteiger partial charge in [-0.05, 0) is 31.0 Å². The maximum atomic E-state index is 5.25. The van der Waals surface area contributed by atoms with Gasteiger partial charge in [-0.3, -0.25) is 0 Å². The summed E-state index contributed by atoms with van der Waals surface area (Å²) in [5, 5.41) is 6.37. The normalized spacial score (nSPS) is 11.0. The van der Waals surface area contributed by atoms with Crippen molar-refractivity contribution in [2.75, 3.05) is 20.2 Å². The van der Waals surface area contributed by atoms with E-state index in [1.54, 1.807) is 7.11 Å². The minimum absolute atomic E-state index is 0.636. The monoisotopic (exact) mass is 261 g/mol. The second kappa shape index (κ2) is 8.19. The summed E-state index contributed by atoms with van der Waals surface area (Å²) in [5.41, 5.74) is 2.29. The summed E-state index contributed by atoms with van der Waals surface area (Å²) in [4.78, 5) is 4.52. The lowest BCUT2D eigenvalue weighted by atomic mass is 10.1. The Balaban J connectivity index is 2.70. The molecule has 104 valence electrons. The smallest absolute Gasteiger partial charge is 0.191 e. The molecule has 0 unspecified atom stereocenters. The first-order chi connectivity index (χ1) is 9.21. The second-order valence-corrected chi connectivity index (χ2v) is 4.17. The Hall–Kier alpha value is -1.97. The lowest BCUT2D eigenvalue weighted by Gasteiger charge is -2.10. The van der Waals surface area contributed by atoms with Crippen molar-refractivity contribution in [2.45, 2.75) is 20.4 Å². The number of methoxy groups -OCH3 is 1. The molecule has 19 heavy (non-hydrogen) atoms. The topological polar surface area (TPSA) is 45.7 Å². The Kier molecular flexibility index (Phi) is 6.50. The van der Waals surface area contributed by atoms with Gasteiger partial charge in [0, 0.05) is 13.1 Å². The van der Waals surface area contributed by atoms with E-state index in [1.807, 2.05) is 32.1 Å². The Labute approximate surface area is 115 Å². The van der Waals surface area contributed by atoms with E-state index in [0.29, 0.717) is 13.1 Å². The number of aryl methyl sites for hydroxylation is 1. The van der Waals surface area contributed by atoms with Crippen LogP contribution in [0.1, 0.15) is 18.1 Å². The van der Waals surface area contributed by atoms with Gasteiger partial charge >= 0.3 is 0 Å². The average Bonchev–Trinajstić information content (AvgIpc) is 2.42. The fourth-order valence-corrected chi connectivity index (χ4v) is 1.72. The van der Waals surface area contributed by atoms with E-state index in [2.05, 4.69) is 28.3 Å². The van der Waals surface area contributed by atoms with Gasteiger partial charge in [0.05, 0.1) is 13.7 Å². The highest BCUT2D eigenvalue weighted by Crippen LogP contribution is 2.18. The number of aliphatic imine (C=N–C) groups is 1. The van der Waals surface area contributed by atoms with Crippen molar-refractivity contribution < 1.29 is 4.74 Å². The molecule has 0 saturated carbocycles. The predicted octanol–water partition coefficient (Wildman–Crippen LogP) is 2.24. The van der Waals surface area contributed by atoms with Crippen molar-refractivity contribution in [1.82, 2.24) is 10.6 Å². The molecule has 0 aliphatic carbocycles. The van der Waals surface area contributed by atoms with Gasteiger partial charge < -0.3 is 15.4 Å². The summed E-state index contributed by atoms with van der Waals surface area (Å²) in [6, 6.07) is 6.11. The Morgan fingerprint density at radius 1 is 1.42 bits per heavy atom. The van der Waals surface area contributed by atoms with Crippen LogP contribution in [0.2, 0.25) is 0 Å². The first-order valence-electron chi connectivity index (χ1n) is 6.47. The van der Waals surface area contributed by atoms with Crippen LogP contribution in [0.3, 0.4) is 0 Å². The highest BCUT2D eigenvalue weighted by molar-refractivity contribution is 5.79. The zero-order chi connectivity index (χ0) is 14.1. The zero-order valence-corrected chi connectivity index (χ0v) is 12.0. The minimum atomic E-state index is 0.636. The lowest BCUT2D eigenvalue weighted by molar-refractivity contribution is 0.411. The van der Waals surface area contributed by atoms with Crippen molar-refractivity contribution in [3.63, 3.8) is 0 Å². The van der Waals surface area contributed by atoms with Crippen LogP contribution < -0.4 is 15.4 Å². The number of rotatable bonds is 6. The molecule has 0 radical (unpaired) electrons. The van der Waals surface area contributed by atoms with Gasteiger partial charge in [0.1, 0.15) is 5.75 Å². The maximum Gasteiger partial charge on any atom is 0.191 e. The van der Waals surface area contributed by atoms with Gasteiger partial charge in [-0.15, -0.1) is 6.58 Å². The second-order valence-electron chi connectivity index (χ2n) is 4.17. The summed E-state index contributed by atoms with van der Waals surface area (Å²) < 4.78 is 5.25. The molecule has 0 saturated heterocycles. The predicted molar refractivity (Wildman–Crippen MR) is 80.7 cm³/mol. The van der Waals surface area contributed by atoms with E-state index >= 15 is 0 Å². The van der Waals surface area contributed by atoms with Gasteiger partial charge in [0.15, 0.2) is 5.96 Å². The molecule has 0 amide bonds. The lowest BCUT2D eigenvalue weighted by Crippen LogP contribution is -2.37. The number of nitrogens with zero attached hydrogens (tertiary/aromatic N) is 1. The van der Waals surface area contributed by atoms with E-state index < -0.39 is 0 Å². The summed E-state index contributed by atoms with van der Waals surface area (Å²) in [7, 11) is 1.68. The van der Waals surface area contributed by atoms with E-state index in [4.69, 9.17) is 4.74 Å². The van der Waals surface area contributed by atoms with Crippen LogP contribution in [0.5, 0.6) is 5.75 Å². The van der Waals surface area contributed by atoms with Crippen molar-refractivity contribution >= 4 is 5.96 Å². The van der Waals surface area contributed by atoms with Gasteiger partial charge in [-0.2, -0.15) is 0 Å². The quantitative estimate of drug-likeness (QED) is 0.469. The van der Waals surface area contributed by atoms with Crippen LogP contribution in [-0.4, -0.2) is 26.2 Å². The molecule has 1 aromatic carbocycles. The third kappa shape index (κ3) is 5.04. The molecule has 0 aromatic heterocycles. The molecule has 4 heteroatoms. The Morgan fingerprint density at radius 3 is 2.79 bits per heavy atom. The van der Waals surface area contributed by atoms with Crippen LogP contribution in [0.4, 0.5) is 0 Å². The van der Waals surface area contributed by atoms with Crippen molar-refractivity contribution in [2.24, 2.45) is 4.99 Å². The maximum absolute atomic E-state index is 5.25. The highest BCUT2D eigenvalue weighted by Gasteiger charge is 2.00. The van der Waals surface area contributed by atoms with E-state index in [-0.39, 0.29) is 0 Å². The molecule has 0 atom stereocenters. The molecule has 4 nitrogen and oxygen atoms in total.